The van der Waals surface area contributed by atoms with Crippen molar-refractivity contribution in [1.82, 2.24) is 19.3 Å². The van der Waals surface area contributed by atoms with Gasteiger partial charge in [0.25, 0.3) is 0 Å². The number of aromatic nitrogens is 4. The van der Waals surface area contributed by atoms with Gasteiger partial charge >= 0.3 is 0 Å². The number of hydrogen-bond acceptors (Lipinski definition) is 5. The number of hydrogen-bond donors (Lipinski definition) is 1. The van der Waals surface area contributed by atoms with Crippen LogP contribution in [0.4, 0.5) is 5.69 Å². The fraction of sp³-hybridized carbons (Fsp3) is 0.240. The van der Waals surface area contributed by atoms with Gasteiger partial charge in [-0.25, -0.2) is 0 Å². The summed E-state index contributed by atoms with van der Waals surface area (Å²) in [5.41, 5.74) is 3.19. The minimum Gasteiger partial charge on any atom is -0.341 e. The predicted octanol–water partition coefficient (Wildman–Crippen LogP) is 5.83. The maximum Gasteiger partial charge on any atom is 0.237 e. The quantitative estimate of drug-likeness (QED) is 0.287. The molecule has 1 unspecified atom stereocenters. The molecule has 0 fully saturated rings. The van der Waals surface area contributed by atoms with Gasteiger partial charge in [-0.05, 0) is 56.0 Å². The molecule has 0 saturated carbocycles. The molecule has 6 nitrogen and oxygen atoms in total. The molecule has 5 aromatic rings. The van der Waals surface area contributed by atoms with Crippen LogP contribution in [0.25, 0.3) is 21.8 Å². The lowest BCUT2D eigenvalue weighted by Gasteiger charge is -2.13. The normalized spacial score (nSPS) is 12.4. The van der Waals surface area contributed by atoms with Crippen molar-refractivity contribution in [3.8, 4) is 0 Å². The van der Waals surface area contributed by atoms with Gasteiger partial charge in [0.1, 0.15) is 6.33 Å². The number of aryl methyl sites for hydroxylation is 3. The average Bonchev–Trinajstić information content (AvgIpc) is 3.57. The van der Waals surface area contributed by atoms with Crippen molar-refractivity contribution >= 4 is 56.5 Å². The minimum atomic E-state index is -0.303. The molecule has 168 valence electrons. The summed E-state index contributed by atoms with van der Waals surface area (Å²) in [4.78, 5) is 14.3. The molecule has 3 aromatic heterocycles. The van der Waals surface area contributed by atoms with Crippen LogP contribution in [0, 0.1) is 0 Å². The van der Waals surface area contributed by atoms with Gasteiger partial charge in [-0.2, -0.15) is 0 Å². The van der Waals surface area contributed by atoms with Crippen LogP contribution in [-0.4, -0.2) is 30.5 Å². The van der Waals surface area contributed by atoms with Crippen molar-refractivity contribution in [3.05, 3.63) is 71.2 Å². The Morgan fingerprint density at radius 3 is 2.79 bits per heavy atom. The van der Waals surface area contributed by atoms with Crippen LogP contribution in [0.15, 0.2) is 71.5 Å². The SMILES string of the molecule is CCn1c2ccccc2c2cc(NC(=O)C(C)Sc3nncn3CCc3cccs3)ccc21. The van der Waals surface area contributed by atoms with Crippen molar-refractivity contribution in [2.75, 3.05) is 5.32 Å². The molecule has 3 heterocycles. The Morgan fingerprint density at radius 1 is 1.12 bits per heavy atom. The van der Waals surface area contributed by atoms with Crippen molar-refractivity contribution in [2.24, 2.45) is 0 Å². The summed E-state index contributed by atoms with van der Waals surface area (Å²) in [6.07, 6.45) is 2.66. The van der Waals surface area contributed by atoms with E-state index in [9.17, 15) is 4.79 Å². The molecule has 8 heteroatoms. The molecule has 0 aliphatic rings. The lowest BCUT2D eigenvalue weighted by atomic mass is 10.1. The van der Waals surface area contributed by atoms with Gasteiger partial charge in [0.05, 0.1) is 5.25 Å². The van der Waals surface area contributed by atoms with Gasteiger partial charge in [-0.15, -0.1) is 21.5 Å². The number of carbonyl (C=O) groups is 1. The van der Waals surface area contributed by atoms with E-state index in [-0.39, 0.29) is 11.2 Å². The van der Waals surface area contributed by atoms with E-state index >= 15 is 0 Å². The third kappa shape index (κ3) is 4.41. The summed E-state index contributed by atoms with van der Waals surface area (Å²) in [5, 5.41) is 16.3. The standard InChI is InChI=1S/C25H25N5OS2/c1-3-30-22-9-5-4-8-20(22)21-15-18(10-11-23(21)30)27-24(31)17(2)33-25-28-26-16-29(25)13-12-19-7-6-14-32-19/h4-11,14-17H,3,12-13H2,1-2H3,(H,27,31). The third-order valence-electron chi connectivity index (χ3n) is 5.77. The number of rotatable bonds is 8. The van der Waals surface area contributed by atoms with Crippen molar-refractivity contribution in [3.63, 3.8) is 0 Å². The summed E-state index contributed by atoms with van der Waals surface area (Å²) in [6.45, 7) is 5.75. The summed E-state index contributed by atoms with van der Waals surface area (Å²) in [7, 11) is 0. The topological polar surface area (TPSA) is 64.7 Å². The molecule has 1 N–H and O–H groups in total. The molecule has 5 rings (SSSR count). The van der Waals surface area contributed by atoms with Crippen LogP contribution in [0.1, 0.15) is 18.7 Å². The fourth-order valence-corrected chi connectivity index (χ4v) is 5.65. The Hall–Kier alpha value is -3.10. The number of benzene rings is 2. The smallest absolute Gasteiger partial charge is 0.237 e. The monoisotopic (exact) mass is 475 g/mol. The second-order valence-corrected chi connectivity index (χ2v) is 10.2. The summed E-state index contributed by atoms with van der Waals surface area (Å²) in [6, 6.07) is 18.7. The molecule has 1 amide bonds. The second-order valence-electron chi connectivity index (χ2n) is 7.88. The number of nitrogens with zero attached hydrogens (tertiary/aromatic N) is 4. The minimum absolute atomic E-state index is 0.0496. The lowest BCUT2D eigenvalue weighted by molar-refractivity contribution is -0.115. The zero-order chi connectivity index (χ0) is 22.8. The first-order chi connectivity index (χ1) is 16.1. The van der Waals surface area contributed by atoms with Crippen LogP contribution in [-0.2, 0) is 24.3 Å². The molecule has 1 atom stereocenters. The number of amides is 1. The number of thioether (sulfide) groups is 1. The van der Waals surface area contributed by atoms with Gasteiger partial charge in [0.2, 0.25) is 5.91 Å². The first-order valence-corrected chi connectivity index (χ1v) is 12.8. The van der Waals surface area contributed by atoms with Gasteiger partial charge in [0, 0.05) is 45.5 Å². The Balaban J connectivity index is 1.30. The molecule has 2 aromatic carbocycles. The van der Waals surface area contributed by atoms with Crippen LogP contribution in [0.3, 0.4) is 0 Å². The van der Waals surface area contributed by atoms with Crippen LogP contribution >= 0.6 is 23.1 Å². The highest BCUT2D eigenvalue weighted by atomic mass is 32.2. The maximum absolute atomic E-state index is 13.0. The highest BCUT2D eigenvalue weighted by Crippen LogP contribution is 2.31. The average molecular weight is 476 g/mol. The molecule has 0 saturated heterocycles. The summed E-state index contributed by atoms with van der Waals surface area (Å²) >= 11 is 3.18. The van der Waals surface area contributed by atoms with E-state index in [1.165, 1.54) is 33.1 Å². The Morgan fingerprint density at radius 2 is 1.97 bits per heavy atom. The largest absolute Gasteiger partial charge is 0.341 e. The Bertz CT molecular complexity index is 1400. The van der Waals surface area contributed by atoms with Crippen LogP contribution in [0.2, 0.25) is 0 Å². The van der Waals surface area contributed by atoms with E-state index < -0.39 is 0 Å². The Labute approximate surface area is 200 Å². The molecular weight excluding hydrogens is 450 g/mol. The van der Waals surface area contributed by atoms with Gasteiger partial charge in [-0.1, -0.05) is 36.0 Å². The number of para-hydroxylation sites is 1. The second kappa shape index (κ2) is 9.41. The molecule has 0 radical (unpaired) electrons. The Kier molecular flexibility index (Phi) is 6.20. The van der Waals surface area contributed by atoms with Gasteiger partial charge < -0.3 is 14.5 Å². The third-order valence-corrected chi connectivity index (χ3v) is 7.80. The van der Waals surface area contributed by atoms with E-state index in [0.717, 1.165) is 35.7 Å². The zero-order valence-corrected chi connectivity index (χ0v) is 20.2. The number of anilines is 1. The van der Waals surface area contributed by atoms with E-state index in [4.69, 9.17) is 0 Å². The highest BCUT2D eigenvalue weighted by molar-refractivity contribution is 8.00. The lowest BCUT2D eigenvalue weighted by Crippen LogP contribution is -2.23. The van der Waals surface area contributed by atoms with Gasteiger partial charge in [-0.3, -0.25) is 4.79 Å². The molecule has 33 heavy (non-hydrogen) atoms. The molecule has 0 bridgehead atoms. The van der Waals surface area contributed by atoms with Crippen molar-refractivity contribution in [2.45, 2.75) is 43.8 Å². The number of thiophene rings is 1. The summed E-state index contributed by atoms with van der Waals surface area (Å²) < 4.78 is 4.32. The predicted molar refractivity (Wildman–Crippen MR) is 137 cm³/mol. The van der Waals surface area contributed by atoms with E-state index in [1.54, 1.807) is 17.7 Å². The van der Waals surface area contributed by atoms with Crippen molar-refractivity contribution in [1.29, 1.82) is 0 Å². The van der Waals surface area contributed by atoms with E-state index in [1.807, 2.05) is 17.6 Å². The molecular formula is C25H25N5OS2. The molecule has 0 spiro atoms. The number of carbonyl (C=O) groups excluding carboxylic acids is 1. The highest BCUT2D eigenvalue weighted by Gasteiger charge is 2.19. The fourth-order valence-electron chi connectivity index (χ4n) is 4.10. The van der Waals surface area contributed by atoms with Crippen LogP contribution in [0.5, 0.6) is 0 Å². The zero-order valence-electron chi connectivity index (χ0n) is 18.6. The first-order valence-electron chi connectivity index (χ1n) is 11.0. The van der Waals surface area contributed by atoms with Crippen LogP contribution < -0.4 is 5.32 Å². The molecule has 0 aliphatic carbocycles. The van der Waals surface area contributed by atoms with Crippen molar-refractivity contribution < 1.29 is 4.79 Å². The summed E-state index contributed by atoms with van der Waals surface area (Å²) in [5.74, 6) is -0.0496. The van der Waals surface area contributed by atoms with E-state index in [2.05, 4.69) is 80.9 Å². The van der Waals surface area contributed by atoms with E-state index in [0.29, 0.717) is 0 Å². The number of fused-ring (bicyclic) bond motifs is 3. The number of nitrogens with one attached hydrogen (secondary N) is 1. The first kappa shape index (κ1) is 21.7. The molecule has 0 aliphatic heterocycles. The maximum atomic E-state index is 13.0. The van der Waals surface area contributed by atoms with Gasteiger partial charge in [0.15, 0.2) is 5.16 Å².